The zero-order valence-corrected chi connectivity index (χ0v) is 9.93. The second-order valence-electron chi connectivity index (χ2n) is 4.06. The number of benzene rings is 1. The van der Waals surface area contributed by atoms with E-state index in [1.54, 1.807) is 12.1 Å². The molecule has 5 nitrogen and oxygen atoms in total. The van der Waals surface area contributed by atoms with E-state index >= 15 is 0 Å². The van der Waals surface area contributed by atoms with Crippen LogP contribution in [-0.2, 0) is 16.5 Å². The standard InChI is InChI=1S/C10H13N3O2S/c1-13(2)6-7-3-4-8-9(5-7)16(11,15)12-10(8)14/h3-5H,6H2,1-2H3,(H2,11,12,14,15). The highest BCUT2D eigenvalue weighted by Gasteiger charge is 2.29. The van der Waals surface area contributed by atoms with Gasteiger partial charge in [0.2, 0.25) is 0 Å². The van der Waals surface area contributed by atoms with Gasteiger partial charge in [0.25, 0.3) is 5.91 Å². The molecule has 0 fully saturated rings. The van der Waals surface area contributed by atoms with Crippen LogP contribution in [-0.4, -0.2) is 29.1 Å². The van der Waals surface area contributed by atoms with E-state index < -0.39 is 15.8 Å². The number of nitrogens with zero attached hydrogens (tertiary/aromatic N) is 1. The molecule has 16 heavy (non-hydrogen) atoms. The lowest BCUT2D eigenvalue weighted by Gasteiger charge is -2.10. The van der Waals surface area contributed by atoms with Crippen LogP contribution in [0.1, 0.15) is 15.9 Å². The number of nitrogens with one attached hydrogen (secondary N) is 2. The molecule has 1 unspecified atom stereocenters. The zero-order chi connectivity index (χ0) is 11.9. The number of rotatable bonds is 2. The molecule has 86 valence electrons. The number of hydrogen-bond donors (Lipinski definition) is 2. The van der Waals surface area contributed by atoms with Gasteiger partial charge in [-0.2, -0.15) is 0 Å². The molecule has 1 aliphatic heterocycles. The largest absolute Gasteiger partial charge is 0.305 e. The highest BCUT2D eigenvalue weighted by molar-refractivity contribution is 7.91. The third-order valence-electron chi connectivity index (χ3n) is 2.34. The molecular weight excluding hydrogens is 226 g/mol. The molecule has 0 spiro atoms. The van der Waals surface area contributed by atoms with Crippen LogP contribution in [0.4, 0.5) is 0 Å². The highest BCUT2D eigenvalue weighted by atomic mass is 32.2. The van der Waals surface area contributed by atoms with Gasteiger partial charge in [-0.1, -0.05) is 6.07 Å². The third kappa shape index (κ3) is 1.81. The summed E-state index contributed by atoms with van der Waals surface area (Å²) in [7, 11) is 0.719. The number of carbonyl (C=O) groups is 1. The molecule has 0 radical (unpaired) electrons. The smallest absolute Gasteiger partial charge is 0.265 e. The maximum absolute atomic E-state index is 11.8. The van der Waals surface area contributed by atoms with Gasteiger partial charge in [-0.25, -0.2) is 8.99 Å². The summed E-state index contributed by atoms with van der Waals surface area (Å²) in [6.07, 6.45) is 0. The fourth-order valence-corrected chi connectivity index (χ4v) is 2.96. The first kappa shape index (κ1) is 11.1. The molecule has 1 aliphatic rings. The van der Waals surface area contributed by atoms with E-state index in [4.69, 9.17) is 4.78 Å². The van der Waals surface area contributed by atoms with Crippen molar-refractivity contribution >= 4 is 15.8 Å². The van der Waals surface area contributed by atoms with Crippen LogP contribution >= 0.6 is 0 Å². The Morgan fingerprint density at radius 1 is 1.44 bits per heavy atom. The first-order valence-electron chi connectivity index (χ1n) is 4.79. The van der Waals surface area contributed by atoms with E-state index in [0.717, 1.165) is 5.56 Å². The van der Waals surface area contributed by atoms with E-state index in [1.165, 1.54) is 0 Å². The molecule has 0 bridgehead atoms. The zero-order valence-electron chi connectivity index (χ0n) is 9.11. The average Bonchev–Trinajstić information content (AvgIpc) is 2.36. The lowest BCUT2D eigenvalue weighted by molar-refractivity contribution is 0.0985. The van der Waals surface area contributed by atoms with E-state index in [-0.39, 0.29) is 0 Å². The van der Waals surface area contributed by atoms with Crippen LogP contribution in [0.15, 0.2) is 23.1 Å². The molecule has 1 heterocycles. The Bertz CT molecular complexity index is 549. The Morgan fingerprint density at radius 2 is 2.12 bits per heavy atom. The minimum Gasteiger partial charge on any atom is -0.305 e. The first-order valence-corrected chi connectivity index (χ1v) is 6.34. The van der Waals surface area contributed by atoms with Crippen LogP contribution in [0, 0.1) is 4.78 Å². The molecule has 2 N–H and O–H groups in total. The monoisotopic (exact) mass is 239 g/mol. The Kier molecular flexibility index (Phi) is 2.47. The second kappa shape index (κ2) is 3.57. The van der Waals surface area contributed by atoms with Crippen molar-refractivity contribution in [1.29, 1.82) is 4.78 Å². The molecule has 1 aromatic carbocycles. The van der Waals surface area contributed by atoms with Crippen molar-refractivity contribution in [3.63, 3.8) is 0 Å². The Morgan fingerprint density at radius 3 is 2.75 bits per heavy atom. The Hall–Kier alpha value is -1.40. The number of carbonyl (C=O) groups excluding carboxylic acids is 1. The molecular formula is C10H13N3O2S. The lowest BCUT2D eigenvalue weighted by atomic mass is 10.1. The first-order chi connectivity index (χ1) is 7.40. The van der Waals surface area contributed by atoms with E-state index in [1.807, 2.05) is 25.1 Å². The Labute approximate surface area is 94.6 Å². The van der Waals surface area contributed by atoms with Crippen LogP contribution in [0.5, 0.6) is 0 Å². The maximum Gasteiger partial charge on any atom is 0.265 e. The lowest BCUT2D eigenvalue weighted by Crippen LogP contribution is -2.19. The Balaban J connectivity index is 2.51. The molecule has 0 aromatic heterocycles. The van der Waals surface area contributed by atoms with Gasteiger partial charge >= 0.3 is 0 Å². The maximum atomic E-state index is 11.8. The van der Waals surface area contributed by atoms with E-state index in [9.17, 15) is 9.00 Å². The average molecular weight is 239 g/mol. The summed E-state index contributed by atoms with van der Waals surface area (Å²) < 4.78 is 21.5. The second-order valence-corrected chi connectivity index (χ2v) is 5.81. The minimum absolute atomic E-state index is 0.303. The summed E-state index contributed by atoms with van der Waals surface area (Å²) >= 11 is 0. The predicted molar refractivity (Wildman–Crippen MR) is 60.4 cm³/mol. The van der Waals surface area contributed by atoms with Crippen LogP contribution in [0.3, 0.4) is 0 Å². The molecule has 1 atom stereocenters. The van der Waals surface area contributed by atoms with Gasteiger partial charge in [0.15, 0.2) is 9.92 Å². The molecule has 0 saturated carbocycles. The molecule has 1 amide bonds. The summed E-state index contributed by atoms with van der Waals surface area (Å²) in [4.78, 5) is 13.7. The number of fused-ring (bicyclic) bond motifs is 1. The minimum atomic E-state index is -3.13. The highest BCUT2D eigenvalue weighted by Crippen LogP contribution is 2.24. The summed E-state index contributed by atoms with van der Waals surface area (Å²) in [5.74, 6) is -0.425. The molecule has 6 heteroatoms. The van der Waals surface area contributed by atoms with Gasteiger partial charge in [0, 0.05) is 6.54 Å². The fraction of sp³-hybridized carbons (Fsp3) is 0.300. The van der Waals surface area contributed by atoms with Crippen LogP contribution in [0.25, 0.3) is 0 Å². The number of hydrogen-bond acceptors (Lipinski definition) is 4. The topological polar surface area (TPSA) is 73.3 Å². The number of amides is 1. The van der Waals surface area contributed by atoms with Gasteiger partial charge in [-0.3, -0.25) is 9.52 Å². The van der Waals surface area contributed by atoms with E-state index in [2.05, 4.69) is 4.72 Å². The summed E-state index contributed by atoms with van der Waals surface area (Å²) in [6, 6.07) is 5.12. The molecule has 0 aliphatic carbocycles. The summed E-state index contributed by atoms with van der Waals surface area (Å²) in [5.41, 5.74) is 1.29. The van der Waals surface area contributed by atoms with Gasteiger partial charge < -0.3 is 4.90 Å². The molecule has 2 rings (SSSR count). The summed E-state index contributed by atoms with van der Waals surface area (Å²) in [5, 5.41) is 0. The van der Waals surface area contributed by atoms with Crippen molar-refractivity contribution in [1.82, 2.24) is 9.62 Å². The fourth-order valence-electron chi connectivity index (χ4n) is 1.70. The van der Waals surface area contributed by atoms with Gasteiger partial charge in [-0.05, 0) is 31.8 Å². The van der Waals surface area contributed by atoms with Gasteiger partial charge in [-0.15, -0.1) is 0 Å². The molecule has 0 saturated heterocycles. The van der Waals surface area contributed by atoms with E-state index in [0.29, 0.717) is 17.0 Å². The van der Waals surface area contributed by atoms with Gasteiger partial charge in [0.05, 0.1) is 10.5 Å². The van der Waals surface area contributed by atoms with Crippen molar-refractivity contribution in [2.75, 3.05) is 14.1 Å². The SMILES string of the molecule is CN(C)Cc1ccc2c(c1)S(=N)(=O)NC2=O. The third-order valence-corrected chi connectivity index (χ3v) is 3.77. The summed E-state index contributed by atoms with van der Waals surface area (Å²) in [6.45, 7) is 0.691. The molecule has 1 aromatic rings. The van der Waals surface area contributed by atoms with Crippen LogP contribution < -0.4 is 4.72 Å². The van der Waals surface area contributed by atoms with Crippen molar-refractivity contribution in [2.24, 2.45) is 0 Å². The van der Waals surface area contributed by atoms with Crippen LogP contribution in [0.2, 0.25) is 0 Å². The normalized spacial score (nSPS) is 23.3. The van der Waals surface area contributed by atoms with Crippen molar-refractivity contribution < 1.29 is 9.00 Å². The van der Waals surface area contributed by atoms with Crippen molar-refractivity contribution in [3.05, 3.63) is 29.3 Å². The quantitative estimate of drug-likeness (QED) is 0.802. The van der Waals surface area contributed by atoms with Gasteiger partial charge in [0.1, 0.15) is 0 Å². The van der Waals surface area contributed by atoms with Crippen molar-refractivity contribution in [3.8, 4) is 0 Å². The predicted octanol–water partition coefficient (Wildman–Crippen LogP) is 0.812. The van der Waals surface area contributed by atoms with Crippen molar-refractivity contribution in [2.45, 2.75) is 11.4 Å².